The Kier molecular flexibility index (Phi) is 6.88. The van der Waals surface area contributed by atoms with Crippen molar-refractivity contribution in [3.8, 4) is 11.8 Å². The Morgan fingerprint density at radius 1 is 1.21 bits per heavy atom. The minimum Gasteiger partial charge on any atom is -0.463 e. The lowest BCUT2D eigenvalue weighted by atomic mass is 10.5. The van der Waals surface area contributed by atoms with E-state index in [4.69, 9.17) is 0 Å². The number of carbonyl (C=O) groups is 2. The van der Waals surface area contributed by atoms with Gasteiger partial charge in [-0.2, -0.15) is 0 Å². The molecule has 0 aliphatic heterocycles. The van der Waals surface area contributed by atoms with E-state index in [1.54, 1.807) is 13.8 Å². The van der Waals surface area contributed by atoms with Crippen LogP contribution in [0.4, 0.5) is 0 Å². The molecule has 76 valence electrons. The minimum absolute atomic E-state index is 0.287. The molecule has 0 saturated heterocycles. The van der Waals surface area contributed by atoms with Crippen LogP contribution in [-0.4, -0.2) is 25.2 Å². The van der Waals surface area contributed by atoms with Crippen molar-refractivity contribution in [2.45, 2.75) is 13.8 Å². The fourth-order valence-electron chi connectivity index (χ4n) is 0.568. The number of hydrogen-bond acceptors (Lipinski definition) is 4. The predicted molar refractivity (Wildman–Crippen MR) is 50.2 cm³/mol. The molecular weight excluding hydrogens is 184 g/mol. The van der Waals surface area contributed by atoms with E-state index < -0.39 is 11.9 Å². The Bertz CT molecular complexity index is 280. The molecule has 0 bridgehead atoms. The van der Waals surface area contributed by atoms with Crippen LogP contribution in [-0.2, 0) is 19.1 Å². The summed E-state index contributed by atoms with van der Waals surface area (Å²) in [5.41, 5.74) is 0. The van der Waals surface area contributed by atoms with Crippen LogP contribution in [0.2, 0.25) is 0 Å². The van der Waals surface area contributed by atoms with Crippen LogP contribution in [0.3, 0.4) is 0 Å². The van der Waals surface area contributed by atoms with E-state index in [9.17, 15) is 9.59 Å². The van der Waals surface area contributed by atoms with Crippen LogP contribution < -0.4 is 0 Å². The van der Waals surface area contributed by atoms with E-state index >= 15 is 0 Å². The van der Waals surface area contributed by atoms with Gasteiger partial charge in [-0.3, -0.25) is 0 Å². The van der Waals surface area contributed by atoms with Crippen molar-refractivity contribution < 1.29 is 19.1 Å². The smallest absolute Gasteiger partial charge is 0.384 e. The van der Waals surface area contributed by atoms with E-state index in [-0.39, 0.29) is 6.61 Å². The summed E-state index contributed by atoms with van der Waals surface area (Å²) in [4.78, 5) is 21.4. The first-order chi connectivity index (χ1) is 6.70. The molecule has 14 heavy (non-hydrogen) atoms. The standard InChI is InChI=1S/C10H12O4/c1-3-13-9(11)7-5-6-8-10(12)14-4-2/h5,7H,3-4H2,1-2H3/b7-5+. The molecule has 0 unspecified atom stereocenters. The van der Waals surface area contributed by atoms with Crippen molar-refractivity contribution in [1.29, 1.82) is 0 Å². The summed E-state index contributed by atoms with van der Waals surface area (Å²) in [6.07, 6.45) is 2.39. The second kappa shape index (κ2) is 7.87. The molecule has 4 nitrogen and oxygen atoms in total. The van der Waals surface area contributed by atoms with Gasteiger partial charge in [0.1, 0.15) is 0 Å². The van der Waals surface area contributed by atoms with Gasteiger partial charge >= 0.3 is 11.9 Å². The molecule has 0 N–H and O–H groups in total. The molecular formula is C10H12O4. The van der Waals surface area contributed by atoms with Gasteiger partial charge in [-0.15, -0.1) is 0 Å². The first-order valence-electron chi connectivity index (χ1n) is 4.22. The first-order valence-corrected chi connectivity index (χ1v) is 4.22. The molecule has 0 aromatic rings. The third kappa shape index (κ3) is 6.92. The molecule has 0 rings (SSSR count). The largest absolute Gasteiger partial charge is 0.463 e. The lowest BCUT2D eigenvalue weighted by Gasteiger charge is -1.92. The predicted octanol–water partition coefficient (Wildman–Crippen LogP) is 0.672. The molecule has 0 atom stereocenters. The number of esters is 2. The van der Waals surface area contributed by atoms with Crippen molar-refractivity contribution in [3.63, 3.8) is 0 Å². The van der Waals surface area contributed by atoms with E-state index in [1.807, 2.05) is 0 Å². The summed E-state index contributed by atoms with van der Waals surface area (Å²) in [6.45, 7) is 3.99. The minimum atomic E-state index is -0.610. The Labute approximate surface area is 82.9 Å². The van der Waals surface area contributed by atoms with Crippen molar-refractivity contribution in [3.05, 3.63) is 12.2 Å². The molecule has 0 heterocycles. The lowest BCUT2D eigenvalue weighted by molar-refractivity contribution is -0.137. The highest BCUT2D eigenvalue weighted by Crippen LogP contribution is 1.80. The van der Waals surface area contributed by atoms with Gasteiger partial charge in [-0.05, 0) is 19.9 Å². The third-order valence-corrected chi connectivity index (χ3v) is 1.04. The van der Waals surface area contributed by atoms with Crippen molar-refractivity contribution >= 4 is 11.9 Å². The van der Waals surface area contributed by atoms with Crippen LogP contribution in [0.1, 0.15) is 13.8 Å². The zero-order valence-electron chi connectivity index (χ0n) is 8.20. The van der Waals surface area contributed by atoms with Crippen LogP contribution >= 0.6 is 0 Å². The van der Waals surface area contributed by atoms with Crippen LogP contribution in [0.5, 0.6) is 0 Å². The quantitative estimate of drug-likeness (QED) is 0.288. The highest BCUT2D eigenvalue weighted by Gasteiger charge is 1.92. The van der Waals surface area contributed by atoms with Gasteiger partial charge in [0.2, 0.25) is 0 Å². The summed E-state index contributed by atoms with van der Waals surface area (Å²) < 4.78 is 9.12. The van der Waals surface area contributed by atoms with Crippen molar-refractivity contribution in [2.24, 2.45) is 0 Å². The maximum absolute atomic E-state index is 10.7. The maximum Gasteiger partial charge on any atom is 0.384 e. The van der Waals surface area contributed by atoms with E-state index in [1.165, 1.54) is 6.08 Å². The van der Waals surface area contributed by atoms with E-state index in [2.05, 4.69) is 21.3 Å². The Balaban J connectivity index is 3.90. The Morgan fingerprint density at radius 3 is 2.43 bits per heavy atom. The Hall–Kier alpha value is -1.76. The van der Waals surface area contributed by atoms with Crippen molar-refractivity contribution in [2.75, 3.05) is 13.2 Å². The normalized spacial score (nSPS) is 9.00. The first kappa shape index (κ1) is 12.2. The van der Waals surface area contributed by atoms with Gasteiger partial charge in [0.05, 0.1) is 13.2 Å². The highest BCUT2D eigenvalue weighted by molar-refractivity contribution is 5.89. The van der Waals surface area contributed by atoms with Crippen LogP contribution in [0.15, 0.2) is 12.2 Å². The average Bonchev–Trinajstić information content (AvgIpc) is 2.13. The third-order valence-electron chi connectivity index (χ3n) is 1.04. The SMILES string of the molecule is CCOC(=O)C#C/C=C/C(=O)OCC. The van der Waals surface area contributed by atoms with Gasteiger partial charge in [-0.1, -0.05) is 5.92 Å². The molecule has 4 heteroatoms. The second-order valence-electron chi connectivity index (χ2n) is 2.08. The van der Waals surface area contributed by atoms with Gasteiger partial charge in [0, 0.05) is 12.0 Å². The molecule has 0 spiro atoms. The number of ether oxygens (including phenoxy) is 2. The molecule has 0 radical (unpaired) electrons. The van der Waals surface area contributed by atoms with Gasteiger partial charge in [0.15, 0.2) is 0 Å². The zero-order chi connectivity index (χ0) is 10.8. The van der Waals surface area contributed by atoms with Gasteiger partial charge in [-0.25, -0.2) is 9.59 Å². The number of carbonyl (C=O) groups excluding carboxylic acids is 2. The molecule has 0 aromatic carbocycles. The number of allylic oxidation sites excluding steroid dienone is 1. The Morgan fingerprint density at radius 2 is 1.86 bits per heavy atom. The molecule has 0 fully saturated rings. The summed E-state index contributed by atoms with van der Waals surface area (Å²) in [5.74, 6) is 3.44. The second-order valence-corrected chi connectivity index (χ2v) is 2.08. The molecule has 0 aliphatic carbocycles. The van der Waals surface area contributed by atoms with E-state index in [0.717, 1.165) is 6.08 Å². The highest BCUT2D eigenvalue weighted by atomic mass is 16.5. The fraction of sp³-hybridized carbons (Fsp3) is 0.400. The average molecular weight is 196 g/mol. The van der Waals surface area contributed by atoms with Crippen LogP contribution in [0.25, 0.3) is 0 Å². The molecule has 0 saturated carbocycles. The van der Waals surface area contributed by atoms with Crippen LogP contribution in [0, 0.1) is 11.8 Å². The van der Waals surface area contributed by atoms with E-state index in [0.29, 0.717) is 6.61 Å². The summed E-state index contributed by atoms with van der Waals surface area (Å²) >= 11 is 0. The molecule has 0 aliphatic rings. The molecule has 0 amide bonds. The summed E-state index contributed by atoms with van der Waals surface area (Å²) in [6, 6.07) is 0. The molecule has 0 aromatic heterocycles. The summed E-state index contributed by atoms with van der Waals surface area (Å²) in [7, 11) is 0. The van der Waals surface area contributed by atoms with Gasteiger partial charge < -0.3 is 9.47 Å². The van der Waals surface area contributed by atoms with Crippen molar-refractivity contribution in [1.82, 2.24) is 0 Å². The lowest BCUT2D eigenvalue weighted by Crippen LogP contribution is -1.99. The summed E-state index contributed by atoms with van der Waals surface area (Å²) in [5, 5.41) is 0. The number of rotatable bonds is 3. The maximum atomic E-state index is 10.7. The van der Waals surface area contributed by atoms with Gasteiger partial charge in [0.25, 0.3) is 0 Å². The fourth-order valence-corrected chi connectivity index (χ4v) is 0.568. The zero-order valence-corrected chi connectivity index (χ0v) is 8.20. The number of hydrogen-bond donors (Lipinski definition) is 0. The topological polar surface area (TPSA) is 52.6 Å². The monoisotopic (exact) mass is 196 g/mol.